The third-order valence-electron chi connectivity index (χ3n) is 5.39. The fourth-order valence-corrected chi connectivity index (χ4v) is 3.89. The molecule has 5 heteroatoms. The molecule has 3 fully saturated rings. The van der Waals surface area contributed by atoms with Gasteiger partial charge in [0.2, 0.25) is 11.8 Å². The number of fused-ring (bicyclic) bond motifs is 1. The van der Waals surface area contributed by atoms with Gasteiger partial charge in [-0.25, -0.2) is 0 Å². The van der Waals surface area contributed by atoms with Gasteiger partial charge in [-0.15, -0.1) is 0 Å². The van der Waals surface area contributed by atoms with Gasteiger partial charge in [-0.05, 0) is 24.5 Å². The highest BCUT2D eigenvalue weighted by Gasteiger charge is 2.48. The molecule has 0 unspecified atom stereocenters. The Bertz CT molecular complexity index is 585. The first-order valence-electron chi connectivity index (χ1n) is 8.19. The van der Waals surface area contributed by atoms with Gasteiger partial charge < -0.3 is 9.80 Å². The normalized spacial score (nSPS) is 27.9. The number of likely N-dealkylation sites (tertiary alicyclic amines) is 2. The summed E-state index contributed by atoms with van der Waals surface area (Å²) in [7, 11) is 0. The minimum Gasteiger partial charge on any atom is -0.341 e. The van der Waals surface area contributed by atoms with Gasteiger partial charge in [0, 0.05) is 50.4 Å². The van der Waals surface area contributed by atoms with Crippen LogP contribution in [-0.2, 0) is 16.1 Å². The number of hydrogen-bond acceptors (Lipinski definition) is 3. The van der Waals surface area contributed by atoms with Gasteiger partial charge in [-0.3, -0.25) is 14.6 Å². The van der Waals surface area contributed by atoms with E-state index in [1.54, 1.807) is 6.20 Å². The monoisotopic (exact) mass is 299 g/mol. The van der Waals surface area contributed by atoms with E-state index in [1.165, 1.54) is 6.42 Å². The molecule has 0 bridgehead atoms. The molecule has 3 aliphatic rings. The molecular weight excluding hydrogens is 278 g/mol. The van der Waals surface area contributed by atoms with Gasteiger partial charge in [0.15, 0.2) is 0 Å². The molecule has 0 spiro atoms. The highest BCUT2D eigenvalue weighted by molar-refractivity contribution is 5.85. The molecule has 22 heavy (non-hydrogen) atoms. The van der Waals surface area contributed by atoms with Crippen molar-refractivity contribution < 1.29 is 9.59 Å². The van der Waals surface area contributed by atoms with E-state index in [0.29, 0.717) is 19.0 Å². The Hall–Kier alpha value is -1.91. The van der Waals surface area contributed by atoms with Crippen molar-refractivity contribution in [2.24, 2.45) is 17.8 Å². The summed E-state index contributed by atoms with van der Waals surface area (Å²) in [5, 5.41) is 0. The maximum atomic E-state index is 12.6. The van der Waals surface area contributed by atoms with Gasteiger partial charge >= 0.3 is 0 Å². The predicted molar refractivity (Wildman–Crippen MR) is 80.6 cm³/mol. The zero-order valence-corrected chi connectivity index (χ0v) is 12.6. The topological polar surface area (TPSA) is 53.5 Å². The zero-order valence-electron chi connectivity index (χ0n) is 12.6. The van der Waals surface area contributed by atoms with Crippen LogP contribution >= 0.6 is 0 Å². The maximum absolute atomic E-state index is 12.6. The molecule has 1 aliphatic carbocycles. The molecule has 0 N–H and O–H groups in total. The van der Waals surface area contributed by atoms with Gasteiger partial charge in [-0.1, -0.05) is 12.5 Å². The van der Waals surface area contributed by atoms with Crippen molar-refractivity contribution in [1.29, 1.82) is 0 Å². The Balaban J connectivity index is 1.39. The molecule has 2 atom stereocenters. The van der Waals surface area contributed by atoms with Crippen LogP contribution in [0.15, 0.2) is 24.5 Å². The minimum absolute atomic E-state index is 0.0145. The van der Waals surface area contributed by atoms with Crippen LogP contribution in [0.5, 0.6) is 0 Å². The lowest BCUT2D eigenvalue weighted by atomic mass is 9.84. The molecule has 2 saturated heterocycles. The second-order valence-corrected chi connectivity index (χ2v) is 6.82. The summed E-state index contributed by atoms with van der Waals surface area (Å²) in [6.07, 6.45) is 6.80. The molecule has 5 nitrogen and oxygen atoms in total. The van der Waals surface area contributed by atoms with Crippen molar-refractivity contribution in [3.05, 3.63) is 30.1 Å². The first-order valence-corrected chi connectivity index (χ1v) is 8.19. The Kier molecular flexibility index (Phi) is 3.36. The lowest BCUT2D eigenvalue weighted by molar-refractivity contribution is -0.138. The van der Waals surface area contributed by atoms with Crippen LogP contribution in [0.2, 0.25) is 0 Å². The van der Waals surface area contributed by atoms with Gasteiger partial charge in [-0.2, -0.15) is 0 Å². The standard InChI is InChI=1S/C17H21N3O2/c21-16(13-4-1-5-13)20-10-14-9-19(17(22)15(14)11-20)8-12-3-2-6-18-7-12/h2-3,6-7,13-15H,1,4-5,8-11H2/t14-,15+/m1/s1. The first kappa shape index (κ1) is 13.7. The molecule has 0 radical (unpaired) electrons. The number of pyridine rings is 1. The van der Waals surface area contributed by atoms with Gasteiger partial charge in [0.25, 0.3) is 0 Å². The molecule has 2 amide bonds. The quantitative estimate of drug-likeness (QED) is 0.845. The second-order valence-electron chi connectivity index (χ2n) is 6.82. The van der Waals surface area contributed by atoms with E-state index >= 15 is 0 Å². The molecular formula is C17H21N3O2. The van der Waals surface area contributed by atoms with Crippen molar-refractivity contribution in [3.63, 3.8) is 0 Å². The van der Waals surface area contributed by atoms with Crippen molar-refractivity contribution in [1.82, 2.24) is 14.8 Å². The first-order chi connectivity index (χ1) is 10.7. The smallest absolute Gasteiger partial charge is 0.228 e. The number of carbonyl (C=O) groups excluding carboxylic acids is 2. The maximum Gasteiger partial charge on any atom is 0.228 e. The second kappa shape index (κ2) is 5.38. The highest BCUT2D eigenvalue weighted by atomic mass is 16.2. The molecule has 2 aliphatic heterocycles. The Labute approximate surface area is 130 Å². The van der Waals surface area contributed by atoms with E-state index in [-0.39, 0.29) is 23.7 Å². The largest absolute Gasteiger partial charge is 0.341 e. The predicted octanol–water partition coefficient (Wildman–Crippen LogP) is 1.30. The SMILES string of the molecule is O=C(C1CCC1)N1C[C@H]2CN(Cc3cccnc3)C(=O)[C@H]2C1. The minimum atomic E-state index is 0.0145. The van der Waals surface area contributed by atoms with Crippen molar-refractivity contribution in [2.75, 3.05) is 19.6 Å². The fraction of sp³-hybridized carbons (Fsp3) is 0.588. The molecule has 1 aromatic heterocycles. The molecule has 3 heterocycles. The van der Waals surface area contributed by atoms with Gasteiger partial charge in [0.05, 0.1) is 5.92 Å². The summed E-state index contributed by atoms with van der Waals surface area (Å²) in [4.78, 5) is 32.9. The van der Waals surface area contributed by atoms with Crippen LogP contribution in [0.3, 0.4) is 0 Å². The molecule has 1 saturated carbocycles. The summed E-state index contributed by atoms with van der Waals surface area (Å²) >= 11 is 0. The van der Waals surface area contributed by atoms with Crippen LogP contribution in [0.1, 0.15) is 24.8 Å². The third-order valence-corrected chi connectivity index (χ3v) is 5.39. The zero-order chi connectivity index (χ0) is 15.1. The lowest BCUT2D eigenvalue weighted by Gasteiger charge is -2.30. The Morgan fingerprint density at radius 1 is 1.27 bits per heavy atom. The third kappa shape index (κ3) is 2.28. The summed E-state index contributed by atoms with van der Waals surface area (Å²) in [6, 6.07) is 3.90. The number of nitrogens with zero attached hydrogens (tertiary/aromatic N) is 3. The van der Waals surface area contributed by atoms with E-state index < -0.39 is 0 Å². The van der Waals surface area contributed by atoms with E-state index in [1.807, 2.05) is 28.1 Å². The Morgan fingerprint density at radius 3 is 2.77 bits per heavy atom. The molecule has 0 aromatic carbocycles. The molecule has 1 aromatic rings. The number of carbonyl (C=O) groups is 2. The van der Waals surface area contributed by atoms with Crippen LogP contribution < -0.4 is 0 Å². The van der Waals surface area contributed by atoms with Gasteiger partial charge in [0.1, 0.15) is 0 Å². The van der Waals surface area contributed by atoms with Crippen molar-refractivity contribution >= 4 is 11.8 Å². The molecule has 116 valence electrons. The summed E-state index contributed by atoms with van der Waals surface area (Å²) in [5.41, 5.74) is 1.07. The lowest BCUT2D eigenvalue weighted by Crippen LogP contribution is -2.40. The van der Waals surface area contributed by atoms with Crippen LogP contribution in [0.25, 0.3) is 0 Å². The van der Waals surface area contributed by atoms with Crippen LogP contribution in [0, 0.1) is 17.8 Å². The highest BCUT2D eigenvalue weighted by Crippen LogP contribution is 2.36. The number of amides is 2. The van der Waals surface area contributed by atoms with E-state index in [4.69, 9.17) is 0 Å². The van der Waals surface area contributed by atoms with E-state index in [2.05, 4.69) is 4.98 Å². The van der Waals surface area contributed by atoms with Crippen LogP contribution in [0.4, 0.5) is 0 Å². The number of rotatable bonds is 3. The van der Waals surface area contributed by atoms with E-state index in [0.717, 1.165) is 31.5 Å². The average molecular weight is 299 g/mol. The summed E-state index contributed by atoms with van der Waals surface area (Å²) < 4.78 is 0. The fourth-order valence-electron chi connectivity index (χ4n) is 3.89. The Morgan fingerprint density at radius 2 is 2.14 bits per heavy atom. The molecule has 4 rings (SSSR count). The number of aromatic nitrogens is 1. The van der Waals surface area contributed by atoms with Crippen molar-refractivity contribution in [2.45, 2.75) is 25.8 Å². The van der Waals surface area contributed by atoms with E-state index in [9.17, 15) is 9.59 Å². The average Bonchev–Trinajstić information content (AvgIpc) is 2.99. The van der Waals surface area contributed by atoms with Crippen molar-refractivity contribution in [3.8, 4) is 0 Å². The summed E-state index contributed by atoms with van der Waals surface area (Å²) in [6.45, 7) is 2.79. The summed E-state index contributed by atoms with van der Waals surface area (Å²) in [5.74, 6) is 1.05. The number of hydrogen-bond donors (Lipinski definition) is 0. The van der Waals surface area contributed by atoms with Crippen LogP contribution in [-0.4, -0.2) is 46.2 Å².